The molecule has 1 unspecified atom stereocenters. The Morgan fingerprint density at radius 1 is 1.33 bits per heavy atom. The summed E-state index contributed by atoms with van der Waals surface area (Å²) in [5.41, 5.74) is -1.07. The van der Waals surface area contributed by atoms with Crippen LogP contribution < -0.4 is 10.6 Å². The molecule has 0 spiro atoms. The van der Waals surface area contributed by atoms with Crippen LogP contribution in [0.4, 0.5) is 4.79 Å². The van der Waals surface area contributed by atoms with Crippen LogP contribution in [0.3, 0.4) is 0 Å². The van der Waals surface area contributed by atoms with E-state index in [1.54, 1.807) is 11.8 Å². The minimum absolute atomic E-state index is 0.0365. The first-order valence-corrected chi connectivity index (χ1v) is 7.70. The molecule has 1 rings (SSSR count). The van der Waals surface area contributed by atoms with Crippen LogP contribution in [0.1, 0.15) is 39.0 Å². The van der Waals surface area contributed by atoms with Crippen molar-refractivity contribution < 1.29 is 14.7 Å². The van der Waals surface area contributed by atoms with Crippen LogP contribution in [0.15, 0.2) is 0 Å². The van der Waals surface area contributed by atoms with Crippen molar-refractivity contribution in [1.29, 1.82) is 0 Å². The zero-order valence-corrected chi connectivity index (χ0v) is 11.8. The minimum Gasteiger partial charge on any atom is -0.480 e. The molecule has 0 aromatic rings. The fraction of sp³-hybridized carbons (Fsp3) is 0.833. The second-order valence-corrected chi connectivity index (χ2v) is 5.81. The van der Waals surface area contributed by atoms with Crippen molar-refractivity contribution in [3.8, 4) is 0 Å². The molecule has 3 N–H and O–H groups in total. The summed E-state index contributed by atoms with van der Waals surface area (Å²) in [5, 5.41) is 14.8. The number of nitrogens with one attached hydrogen (secondary N) is 2. The Bertz CT molecular complexity index is 304. The normalized spacial score (nSPS) is 19.9. The lowest BCUT2D eigenvalue weighted by molar-refractivity contribution is -0.145. The number of carbonyl (C=O) groups excluding carboxylic acids is 1. The summed E-state index contributed by atoms with van der Waals surface area (Å²) in [6.45, 7) is 1.91. The van der Waals surface area contributed by atoms with E-state index in [1.165, 1.54) is 0 Å². The highest BCUT2D eigenvalue weighted by molar-refractivity contribution is 7.98. The molecule has 2 amide bonds. The van der Waals surface area contributed by atoms with E-state index in [4.69, 9.17) is 0 Å². The molecule has 1 aliphatic rings. The Labute approximate surface area is 112 Å². The first kappa shape index (κ1) is 15.1. The van der Waals surface area contributed by atoms with Crippen molar-refractivity contribution in [2.45, 2.75) is 50.6 Å². The van der Waals surface area contributed by atoms with Gasteiger partial charge in [-0.2, -0.15) is 11.8 Å². The summed E-state index contributed by atoms with van der Waals surface area (Å²) in [6.07, 6.45) is 5.76. The van der Waals surface area contributed by atoms with Gasteiger partial charge in [-0.05, 0) is 26.0 Å². The largest absolute Gasteiger partial charge is 0.480 e. The molecule has 0 aromatic heterocycles. The molecule has 5 nitrogen and oxygen atoms in total. The molecule has 1 saturated carbocycles. The van der Waals surface area contributed by atoms with Crippen LogP contribution in [-0.4, -0.2) is 40.7 Å². The zero-order chi connectivity index (χ0) is 13.6. The van der Waals surface area contributed by atoms with Gasteiger partial charge in [0, 0.05) is 11.8 Å². The Balaban J connectivity index is 2.55. The number of hydrogen-bond acceptors (Lipinski definition) is 3. The number of aliphatic carboxylic acids is 1. The summed E-state index contributed by atoms with van der Waals surface area (Å²) in [5.74, 6) is -0.108. The molecule has 1 fully saturated rings. The average Bonchev–Trinajstić information content (AvgIpc) is 2.29. The van der Waals surface area contributed by atoms with E-state index in [2.05, 4.69) is 10.6 Å². The number of rotatable bonds is 5. The predicted molar refractivity (Wildman–Crippen MR) is 73.0 cm³/mol. The number of carboxylic acid groups (broad SMARTS) is 1. The van der Waals surface area contributed by atoms with E-state index in [1.807, 2.05) is 13.2 Å². The van der Waals surface area contributed by atoms with Crippen molar-refractivity contribution in [1.82, 2.24) is 10.6 Å². The summed E-state index contributed by atoms with van der Waals surface area (Å²) < 4.78 is 0. The van der Waals surface area contributed by atoms with Gasteiger partial charge in [-0.15, -0.1) is 0 Å². The van der Waals surface area contributed by atoms with E-state index in [0.29, 0.717) is 12.8 Å². The van der Waals surface area contributed by atoms with Crippen LogP contribution >= 0.6 is 11.8 Å². The standard InChI is InChI=1S/C12H22N2O3S/c1-9(8-18-2)13-11(17)14-12(10(15)16)6-4-3-5-7-12/h9H,3-8H2,1-2H3,(H,15,16)(H2,13,14,17). The topological polar surface area (TPSA) is 78.4 Å². The Kier molecular flexibility index (Phi) is 5.78. The molecule has 0 radical (unpaired) electrons. The van der Waals surface area contributed by atoms with Gasteiger partial charge in [0.2, 0.25) is 0 Å². The quantitative estimate of drug-likeness (QED) is 0.714. The van der Waals surface area contributed by atoms with E-state index in [9.17, 15) is 14.7 Å². The van der Waals surface area contributed by atoms with E-state index < -0.39 is 11.5 Å². The van der Waals surface area contributed by atoms with Gasteiger partial charge in [-0.1, -0.05) is 19.3 Å². The highest BCUT2D eigenvalue weighted by Crippen LogP contribution is 2.28. The summed E-state index contributed by atoms with van der Waals surface area (Å²) in [4.78, 5) is 23.2. The van der Waals surface area contributed by atoms with Gasteiger partial charge in [0.25, 0.3) is 0 Å². The Morgan fingerprint density at radius 3 is 2.44 bits per heavy atom. The molecule has 0 aliphatic heterocycles. The second-order valence-electron chi connectivity index (χ2n) is 4.90. The molecule has 0 aromatic carbocycles. The van der Waals surface area contributed by atoms with Gasteiger partial charge < -0.3 is 15.7 Å². The maximum Gasteiger partial charge on any atom is 0.329 e. The first-order valence-electron chi connectivity index (χ1n) is 6.31. The third kappa shape index (κ3) is 4.08. The molecule has 0 bridgehead atoms. The van der Waals surface area contributed by atoms with Crippen LogP contribution in [0, 0.1) is 0 Å². The lowest BCUT2D eigenvalue weighted by Gasteiger charge is -2.34. The summed E-state index contributed by atoms with van der Waals surface area (Å²) >= 11 is 1.64. The van der Waals surface area contributed by atoms with E-state index >= 15 is 0 Å². The van der Waals surface area contributed by atoms with Crippen molar-refractivity contribution >= 4 is 23.8 Å². The number of urea groups is 1. The van der Waals surface area contributed by atoms with Crippen molar-refractivity contribution in [3.63, 3.8) is 0 Å². The molecule has 6 heteroatoms. The SMILES string of the molecule is CSCC(C)NC(=O)NC1(C(=O)O)CCCCC1. The van der Waals surface area contributed by atoms with Crippen molar-refractivity contribution in [2.75, 3.05) is 12.0 Å². The number of thioether (sulfide) groups is 1. The van der Waals surface area contributed by atoms with Gasteiger partial charge in [-0.3, -0.25) is 0 Å². The van der Waals surface area contributed by atoms with Crippen LogP contribution in [-0.2, 0) is 4.79 Å². The Morgan fingerprint density at radius 2 is 1.94 bits per heavy atom. The number of hydrogen-bond donors (Lipinski definition) is 3. The fourth-order valence-corrected chi connectivity index (χ4v) is 2.90. The monoisotopic (exact) mass is 274 g/mol. The third-order valence-electron chi connectivity index (χ3n) is 3.26. The van der Waals surface area contributed by atoms with E-state index in [0.717, 1.165) is 25.0 Å². The number of carboxylic acids is 1. The van der Waals surface area contributed by atoms with Crippen LogP contribution in [0.5, 0.6) is 0 Å². The summed E-state index contributed by atoms with van der Waals surface area (Å²) in [7, 11) is 0. The molecule has 1 atom stereocenters. The first-order chi connectivity index (χ1) is 8.50. The molecular weight excluding hydrogens is 252 g/mol. The van der Waals surface area contributed by atoms with Gasteiger partial charge in [0.15, 0.2) is 0 Å². The van der Waals surface area contributed by atoms with Gasteiger partial charge in [0.05, 0.1) is 0 Å². The fourth-order valence-electron chi connectivity index (χ4n) is 2.32. The maximum absolute atomic E-state index is 11.8. The lowest BCUT2D eigenvalue weighted by atomic mass is 9.82. The lowest BCUT2D eigenvalue weighted by Crippen LogP contribution is -2.59. The van der Waals surface area contributed by atoms with Crippen molar-refractivity contribution in [3.05, 3.63) is 0 Å². The second kappa shape index (κ2) is 6.87. The molecular formula is C12H22N2O3S. The highest BCUT2D eigenvalue weighted by Gasteiger charge is 2.41. The van der Waals surface area contributed by atoms with Gasteiger partial charge in [-0.25, -0.2) is 9.59 Å². The molecule has 0 saturated heterocycles. The molecule has 18 heavy (non-hydrogen) atoms. The average molecular weight is 274 g/mol. The molecule has 104 valence electrons. The smallest absolute Gasteiger partial charge is 0.329 e. The van der Waals surface area contributed by atoms with E-state index in [-0.39, 0.29) is 12.1 Å². The summed E-state index contributed by atoms with van der Waals surface area (Å²) in [6, 6.07) is -0.338. The van der Waals surface area contributed by atoms with Crippen LogP contribution in [0.2, 0.25) is 0 Å². The Hall–Kier alpha value is -0.910. The minimum atomic E-state index is -1.07. The maximum atomic E-state index is 11.8. The predicted octanol–water partition coefficient (Wildman–Crippen LogP) is 1.82. The highest BCUT2D eigenvalue weighted by atomic mass is 32.2. The van der Waals surface area contributed by atoms with Gasteiger partial charge >= 0.3 is 12.0 Å². The van der Waals surface area contributed by atoms with Crippen molar-refractivity contribution in [2.24, 2.45) is 0 Å². The zero-order valence-electron chi connectivity index (χ0n) is 11.0. The van der Waals surface area contributed by atoms with Gasteiger partial charge in [0.1, 0.15) is 5.54 Å². The third-order valence-corrected chi connectivity index (χ3v) is 4.10. The molecule has 1 aliphatic carbocycles. The van der Waals surface area contributed by atoms with Crippen LogP contribution in [0.25, 0.3) is 0 Å². The number of amides is 2. The number of carbonyl (C=O) groups is 2. The molecule has 0 heterocycles.